The summed E-state index contributed by atoms with van der Waals surface area (Å²) in [7, 11) is -3.67. The predicted molar refractivity (Wildman–Crippen MR) is 212 cm³/mol. The molecule has 0 aliphatic carbocycles. The maximum absolute atomic E-state index is 9.19. The molecule has 0 amide bonds. The molecule has 47 heavy (non-hydrogen) atoms. The molecular formula is C43H80O3S. The Bertz CT molecular complexity index is 1010. The number of rotatable bonds is 12. The van der Waals surface area contributed by atoms with Crippen LogP contribution in [0.25, 0.3) is 10.8 Å². The molecule has 2 aromatic rings. The average Bonchev–Trinajstić information content (AvgIpc) is 3.00. The molecular weight excluding hydrogens is 597 g/mol. The topological polar surface area (TPSA) is 54.4 Å². The molecule has 3 nitrogen and oxygen atoms in total. The first-order chi connectivity index (χ1) is 21.4. The third kappa shape index (κ3) is 19.4. The van der Waals surface area contributed by atoms with Crippen molar-refractivity contribution in [2.45, 2.75) is 125 Å². The molecule has 2 aromatic carbocycles. The molecule has 4 heteroatoms. The number of hydrogen-bond acceptors (Lipinski definition) is 2. The van der Waals surface area contributed by atoms with E-state index in [1.807, 2.05) is 0 Å². The maximum Gasteiger partial charge on any atom is 0.261 e. The molecule has 0 aliphatic heterocycles. The van der Waals surface area contributed by atoms with Gasteiger partial charge in [0.2, 0.25) is 0 Å². The Kier molecular flexibility index (Phi) is 23.5. The van der Waals surface area contributed by atoms with Crippen molar-refractivity contribution in [3.05, 3.63) is 48.5 Å². The summed E-state index contributed by atoms with van der Waals surface area (Å²) >= 11 is 0. The number of fused-ring (bicyclic) bond motifs is 1. The van der Waals surface area contributed by atoms with E-state index in [-0.39, 0.29) is 0 Å². The number of hydrogen-bond donors (Lipinski definition) is 1. The Labute approximate surface area is 295 Å². The van der Waals surface area contributed by atoms with Gasteiger partial charge in [-0.1, -0.05) is 173 Å². The highest BCUT2D eigenvalue weighted by atomic mass is 32.2. The summed E-state index contributed by atoms with van der Waals surface area (Å²) in [5.41, 5.74) is 0. The van der Waals surface area contributed by atoms with Crippen molar-refractivity contribution >= 4 is 20.9 Å². The maximum atomic E-state index is 9.19. The molecule has 0 aromatic heterocycles. The van der Waals surface area contributed by atoms with Gasteiger partial charge in [-0.2, -0.15) is 8.42 Å². The molecule has 276 valence electrons. The van der Waals surface area contributed by atoms with Gasteiger partial charge in [-0.25, -0.2) is 0 Å². The van der Waals surface area contributed by atoms with Crippen LogP contribution in [0.2, 0.25) is 0 Å². The first kappa shape index (κ1) is 47.7. The van der Waals surface area contributed by atoms with Crippen LogP contribution in [0.5, 0.6) is 0 Å². The van der Waals surface area contributed by atoms with Crippen LogP contribution >= 0.6 is 0 Å². The van der Waals surface area contributed by atoms with Crippen molar-refractivity contribution in [3.8, 4) is 0 Å². The molecule has 0 bridgehead atoms. The summed E-state index contributed by atoms with van der Waals surface area (Å²) in [5, 5.41) is 2.62. The van der Waals surface area contributed by atoms with Crippen LogP contribution in [0.4, 0.5) is 0 Å². The van der Waals surface area contributed by atoms with E-state index >= 15 is 0 Å². The van der Waals surface area contributed by atoms with Crippen LogP contribution in [0.3, 0.4) is 0 Å². The number of benzene rings is 2. The van der Waals surface area contributed by atoms with Crippen LogP contribution in [-0.4, -0.2) is 19.2 Å². The van der Waals surface area contributed by atoms with Gasteiger partial charge in [-0.3, -0.25) is 4.55 Å². The molecule has 0 spiro atoms. The van der Waals surface area contributed by atoms with Crippen molar-refractivity contribution in [2.75, 3.05) is 6.26 Å². The van der Waals surface area contributed by atoms with Crippen molar-refractivity contribution in [1.29, 1.82) is 0 Å². The third-order valence-electron chi connectivity index (χ3n) is 12.5. The summed E-state index contributed by atoms with van der Waals surface area (Å²) in [6.45, 7) is 43.2. The molecule has 8 atom stereocenters. The van der Waals surface area contributed by atoms with Crippen molar-refractivity contribution in [1.82, 2.24) is 0 Å². The largest absolute Gasteiger partial charge is 0.286 e. The fourth-order valence-electron chi connectivity index (χ4n) is 6.43. The molecule has 0 aliphatic rings. The lowest BCUT2D eigenvalue weighted by atomic mass is 9.69. The Morgan fingerprint density at radius 3 is 0.617 bits per heavy atom. The van der Waals surface area contributed by atoms with E-state index in [2.05, 4.69) is 173 Å². The van der Waals surface area contributed by atoms with Crippen LogP contribution in [0.15, 0.2) is 48.5 Å². The summed E-state index contributed by atoms with van der Waals surface area (Å²) < 4.78 is 25.9. The molecule has 2 rings (SSSR count). The SMILES string of the molecule is CC(C)C(C)C(C)C(C)C(C)C(C)C(C)C.CC(C)C(C)C(C)C(C)C(C)C(C)C(C)C.CS(=O)(=O)O.c1ccc2ccccc2c1. The summed E-state index contributed by atoms with van der Waals surface area (Å²) in [6, 6.07) is 16.7. The Morgan fingerprint density at radius 2 is 0.489 bits per heavy atom. The van der Waals surface area contributed by atoms with Gasteiger partial charge in [0, 0.05) is 0 Å². The highest BCUT2D eigenvalue weighted by molar-refractivity contribution is 7.85. The zero-order valence-corrected chi connectivity index (χ0v) is 35.2. The lowest BCUT2D eigenvalue weighted by molar-refractivity contribution is 0.126. The molecule has 8 unspecified atom stereocenters. The van der Waals surface area contributed by atoms with Gasteiger partial charge in [-0.05, 0) is 93.6 Å². The van der Waals surface area contributed by atoms with E-state index < -0.39 is 10.1 Å². The minimum atomic E-state index is -3.67. The van der Waals surface area contributed by atoms with Crippen LogP contribution in [0, 0.1) is 82.9 Å². The second-order valence-corrected chi connectivity index (χ2v) is 18.1. The fourth-order valence-corrected chi connectivity index (χ4v) is 6.43. The van der Waals surface area contributed by atoms with Gasteiger partial charge in [0.05, 0.1) is 6.26 Å². The zero-order valence-electron chi connectivity index (χ0n) is 34.4. The van der Waals surface area contributed by atoms with E-state index in [1.165, 1.54) is 10.8 Å². The monoisotopic (exact) mass is 677 g/mol. The standard InChI is InChI=1S/2C16H34.C10H8.CH4O3S/c2*1-10(2)12(5)14(7)16(9)15(8)13(6)11(3)4;1-2-6-10-8-4-3-7-9(10)5-1;1-5(2,3)4/h2*10-16H,1-9H3;1-8H;1H3,(H,2,3,4). The van der Waals surface area contributed by atoms with E-state index in [4.69, 9.17) is 4.55 Å². The van der Waals surface area contributed by atoms with Crippen molar-refractivity contribution < 1.29 is 13.0 Å². The molecule has 0 saturated carbocycles. The third-order valence-corrected chi connectivity index (χ3v) is 12.5. The molecule has 0 heterocycles. The molecule has 0 fully saturated rings. The van der Waals surface area contributed by atoms with Crippen LogP contribution < -0.4 is 0 Å². The highest BCUT2D eigenvalue weighted by Crippen LogP contribution is 2.37. The smallest absolute Gasteiger partial charge is 0.261 e. The first-order valence-electron chi connectivity index (χ1n) is 18.7. The molecule has 0 radical (unpaired) electrons. The normalized spacial score (nSPS) is 18.3. The molecule has 1 N–H and O–H groups in total. The lowest BCUT2D eigenvalue weighted by Gasteiger charge is -2.36. The Balaban J connectivity index is 0. The van der Waals surface area contributed by atoms with Gasteiger partial charge in [0.1, 0.15) is 0 Å². The van der Waals surface area contributed by atoms with Gasteiger partial charge in [-0.15, -0.1) is 0 Å². The van der Waals surface area contributed by atoms with Gasteiger partial charge in [0.15, 0.2) is 0 Å². The average molecular weight is 677 g/mol. The minimum Gasteiger partial charge on any atom is -0.286 e. The summed E-state index contributed by atoms with van der Waals surface area (Å²) in [4.78, 5) is 0. The minimum absolute atomic E-state index is 0.715. The summed E-state index contributed by atoms with van der Waals surface area (Å²) in [5.74, 6) is 11.5. The van der Waals surface area contributed by atoms with Crippen LogP contribution in [0.1, 0.15) is 125 Å². The van der Waals surface area contributed by atoms with Crippen molar-refractivity contribution in [2.24, 2.45) is 82.9 Å². The highest BCUT2D eigenvalue weighted by Gasteiger charge is 2.30. The first-order valence-corrected chi connectivity index (χ1v) is 20.6. The Hall–Kier alpha value is -1.39. The second kappa shape index (κ2) is 23.1. The summed E-state index contributed by atoms with van der Waals surface area (Å²) in [6.07, 6.45) is 0.715. The van der Waals surface area contributed by atoms with E-state index in [0.29, 0.717) is 6.26 Å². The van der Waals surface area contributed by atoms with Crippen molar-refractivity contribution in [3.63, 3.8) is 0 Å². The molecule has 0 saturated heterocycles. The predicted octanol–water partition coefficient (Wildman–Crippen LogP) is 13.3. The van der Waals surface area contributed by atoms with Gasteiger partial charge < -0.3 is 0 Å². The Morgan fingerprint density at radius 1 is 0.362 bits per heavy atom. The zero-order chi connectivity index (χ0) is 37.4. The van der Waals surface area contributed by atoms with Gasteiger partial charge >= 0.3 is 0 Å². The van der Waals surface area contributed by atoms with E-state index in [9.17, 15) is 8.42 Å². The van der Waals surface area contributed by atoms with E-state index in [1.54, 1.807) is 0 Å². The van der Waals surface area contributed by atoms with Gasteiger partial charge in [0.25, 0.3) is 10.1 Å². The fraction of sp³-hybridized carbons (Fsp3) is 0.767. The van der Waals surface area contributed by atoms with Crippen LogP contribution in [-0.2, 0) is 10.1 Å². The second-order valence-electron chi connectivity index (χ2n) is 16.6. The van der Waals surface area contributed by atoms with E-state index in [0.717, 1.165) is 82.9 Å². The quantitative estimate of drug-likeness (QED) is 0.228. The lowest BCUT2D eigenvalue weighted by Crippen LogP contribution is -2.30.